The second-order valence-corrected chi connectivity index (χ2v) is 3.60. The Morgan fingerprint density at radius 1 is 1.29 bits per heavy atom. The molecule has 3 heteroatoms. The molecule has 0 radical (unpaired) electrons. The highest BCUT2D eigenvalue weighted by atomic mass is 19.3. The Balaban J connectivity index is 3.20. The van der Waals surface area contributed by atoms with Crippen molar-refractivity contribution in [1.82, 2.24) is 0 Å². The van der Waals surface area contributed by atoms with Crippen LogP contribution in [-0.2, 0) is 5.92 Å². The van der Waals surface area contributed by atoms with Crippen molar-refractivity contribution in [2.45, 2.75) is 25.7 Å². The van der Waals surface area contributed by atoms with Crippen LogP contribution in [0.2, 0.25) is 0 Å². The molecule has 0 amide bonds. The summed E-state index contributed by atoms with van der Waals surface area (Å²) in [7, 11) is 0. The Morgan fingerprint density at radius 2 is 1.86 bits per heavy atom. The smallest absolute Gasteiger partial charge is 0.296 e. The third-order valence-corrected chi connectivity index (χ3v) is 2.18. The predicted octanol–water partition coefficient (Wildman–Crippen LogP) is 2.89. The summed E-state index contributed by atoms with van der Waals surface area (Å²) in [6.45, 7) is 2.56. The number of hydrogen-bond donors (Lipinski definition) is 1. The highest BCUT2D eigenvalue weighted by molar-refractivity contribution is 5.33. The van der Waals surface area contributed by atoms with Crippen molar-refractivity contribution in [1.29, 1.82) is 0 Å². The summed E-state index contributed by atoms with van der Waals surface area (Å²) in [6.07, 6.45) is 0. The lowest BCUT2D eigenvalue weighted by atomic mass is 9.94. The lowest BCUT2D eigenvalue weighted by molar-refractivity contribution is -0.0564. The van der Waals surface area contributed by atoms with Crippen LogP contribution in [0.25, 0.3) is 0 Å². The molecule has 0 bridgehead atoms. The van der Waals surface area contributed by atoms with Crippen LogP contribution in [0.4, 0.5) is 8.78 Å². The number of aliphatic hydroxyl groups is 1. The third kappa shape index (κ3) is 2.10. The summed E-state index contributed by atoms with van der Waals surface area (Å²) < 4.78 is 26.5. The van der Waals surface area contributed by atoms with E-state index in [0.717, 1.165) is 0 Å². The van der Waals surface area contributed by atoms with E-state index in [1.807, 2.05) is 13.8 Å². The molecule has 14 heavy (non-hydrogen) atoms. The number of aliphatic hydroxyl groups excluding tert-OH is 1. The highest BCUT2D eigenvalue weighted by Gasteiger charge is 2.33. The molecule has 0 aliphatic carbocycles. The first kappa shape index (κ1) is 11.1. The molecule has 0 aliphatic rings. The van der Waals surface area contributed by atoms with Gasteiger partial charge in [-0.15, -0.1) is 0 Å². The Bertz CT molecular complexity index is 308. The van der Waals surface area contributed by atoms with E-state index in [4.69, 9.17) is 5.11 Å². The SMILES string of the molecule is CC(C)c1ccccc1C(F)(F)CO. The minimum atomic E-state index is -3.14. The lowest BCUT2D eigenvalue weighted by Gasteiger charge is -2.19. The second-order valence-electron chi connectivity index (χ2n) is 3.60. The first-order chi connectivity index (χ1) is 6.49. The summed E-state index contributed by atoms with van der Waals surface area (Å²) in [5.74, 6) is -3.11. The number of hydrogen-bond acceptors (Lipinski definition) is 1. The fourth-order valence-corrected chi connectivity index (χ4v) is 1.42. The van der Waals surface area contributed by atoms with E-state index in [0.29, 0.717) is 5.56 Å². The average molecular weight is 200 g/mol. The zero-order valence-corrected chi connectivity index (χ0v) is 8.30. The van der Waals surface area contributed by atoms with E-state index in [1.54, 1.807) is 18.2 Å². The molecule has 1 N–H and O–H groups in total. The maximum Gasteiger partial charge on any atom is 0.296 e. The van der Waals surface area contributed by atoms with Crippen LogP contribution in [0.1, 0.15) is 30.9 Å². The molecule has 1 rings (SSSR count). The van der Waals surface area contributed by atoms with Crippen LogP contribution in [0.15, 0.2) is 24.3 Å². The molecular weight excluding hydrogens is 186 g/mol. The largest absolute Gasteiger partial charge is 0.390 e. The zero-order valence-electron chi connectivity index (χ0n) is 8.30. The van der Waals surface area contributed by atoms with Crippen molar-refractivity contribution < 1.29 is 13.9 Å². The van der Waals surface area contributed by atoms with Crippen molar-refractivity contribution in [2.24, 2.45) is 0 Å². The molecule has 78 valence electrons. The first-order valence-electron chi connectivity index (χ1n) is 4.57. The fraction of sp³-hybridized carbons (Fsp3) is 0.455. The van der Waals surface area contributed by atoms with Gasteiger partial charge in [0.15, 0.2) is 0 Å². The maximum atomic E-state index is 13.3. The highest BCUT2D eigenvalue weighted by Crippen LogP contribution is 2.33. The normalized spacial score (nSPS) is 12.1. The molecule has 0 aromatic heterocycles. The van der Waals surface area contributed by atoms with Gasteiger partial charge in [0.25, 0.3) is 5.92 Å². The van der Waals surface area contributed by atoms with Crippen LogP contribution < -0.4 is 0 Å². The van der Waals surface area contributed by atoms with Crippen molar-refractivity contribution in [3.05, 3.63) is 35.4 Å². The predicted molar refractivity (Wildman–Crippen MR) is 51.5 cm³/mol. The monoisotopic (exact) mass is 200 g/mol. The summed E-state index contributed by atoms with van der Waals surface area (Å²) in [5.41, 5.74) is 0.518. The second kappa shape index (κ2) is 4.05. The fourth-order valence-electron chi connectivity index (χ4n) is 1.42. The number of rotatable bonds is 3. The van der Waals surface area contributed by atoms with Crippen LogP contribution in [-0.4, -0.2) is 11.7 Å². The van der Waals surface area contributed by atoms with Gasteiger partial charge < -0.3 is 5.11 Å². The van der Waals surface area contributed by atoms with Gasteiger partial charge in [-0.2, -0.15) is 8.78 Å². The van der Waals surface area contributed by atoms with E-state index in [1.165, 1.54) is 6.07 Å². The van der Waals surface area contributed by atoms with E-state index in [9.17, 15) is 8.78 Å². The number of halogens is 2. The van der Waals surface area contributed by atoms with Gasteiger partial charge in [-0.3, -0.25) is 0 Å². The van der Waals surface area contributed by atoms with Crippen molar-refractivity contribution >= 4 is 0 Å². The third-order valence-electron chi connectivity index (χ3n) is 2.18. The Morgan fingerprint density at radius 3 is 2.36 bits per heavy atom. The van der Waals surface area contributed by atoms with Gasteiger partial charge in [0.2, 0.25) is 0 Å². The average Bonchev–Trinajstić information content (AvgIpc) is 2.18. The summed E-state index contributed by atoms with van der Waals surface area (Å²) in [6, 6.07) is 6.33. The summed E-state index contributed by atoms with van der Waals surface area (Å²) in [5, 5.41) is 8.60. The van der Waals surface area contributed by atoms with Gasteiger partial charge in [0.1, 0.15) is 6.61 Å². The van der Waals surface area contributed by atoms with E-state index in [2.05, 4.69) is 0 Å². The Kier molecular flexibility index (Phi) is 3.21. The van der Waals surface area contributed by atoms with Crippen LogP contribution in [0, 0.1) is 0 Å². The van der Waals surface area contributed by atoms with E-state index >= 15 is 0 Å². The van der Waals surface area contributed by atoms with Gasteiger partial charge in [-0.25, -0.2) is 0 Å². The molecule has 0 fully saturated rings. The molecule has 0 spiro atoms. The van der Waals surface area contributed by atoms with Crippen molar-refractivity contribution in [3.63, 3.8) is 0 Å². The quantitative estimate of drug-likeness (QED) is 0.795. The molecule has 0 unspecified atom stereocenters. The van der Waals surface area contributed by atoms with Gasteiger partial charge in [0.05, 0.1) is 0 Å². The van der Waals surface area contributed by atoms with Crippen LogP contribution in [0.3, 0.4) is 0 Å². The van der Waals surface area contributed by atoms with E-state index in [-0.39, 0.29) is 11.5 Å². The molecule has 1 aromatic rings. The molecule has 0 saturated carbocycles. The summed E-state index contributed by atoms with van der Waals surface area (Å²) >= 11 is 0. The summed E-state index contributed by atoms with van der Waals surface area (Å²) in [4.78, 5) is 0. The van der Waals surface area contributed by atoms with Crippen molar-refractivity contribution in [3.8, 4) is 0 Å². The Labute approximate surface area is 82.4 Å². The van der Waals surface area contributed by atoms with Crippen molar-refractivity contribution in [2.75, 3.05) is 6.61 Å². The first-order valence-corrected chi connectivity index (χ1v) is 4.57. The standard InChI is InChI=1S/C11H14F2O/c1-8(2)9-5-3-4-6-10(9)11(12,13)7-14/h3-6,8,14H,7H2,1-2H3. The lowest BCUT2D eigenvalue weighted by Crippen LogP contribution is -2.20. The van der Waals surface area contributed by atoms with Gasteiger partial charge in [-0.1, -0.05) is 38.1 Å². The van der Waals surface area contributed by atoms with Crippen LogP contribution >= 0.6 is 0 Å². The molecule has 0 saturated heterocycles. The van der Waals surface area contributed by atoms with Gasteiger partial charge in [-0.05, 0) is 11.5 Å². The minimum absolute atomic E-state index is 0.0311. The molecule has 1 nitrogen and oxygen atoms in total. The maximum absolute atomic E-state index is 13.3. The molecule has 0 atom stereocenters. The molecule has 1 aromatic carbocycles. The molecule has 0 heterocycles. The Hall–Kier alpha value is -0.960. The minimum Gasteiger partial charge on any atom is -0.390 e. The number of alkyl halides is 2. The number of benzene rings is 1. The molecular formula is C11H14F2O. The van der Waals surface area contributed by atoms with Gasteiger partial charge >= 0.3 is 0 Å². The van der Waals surface area contributed by atoms with E-state index < -0.39 is 12.5 Å². The molecule has 0 aliphatic heterocycles. The van der Waals surface area contributed by atoms with Crippen LogP contribution in [0.5, 0.6) is 0 Å². The zero-order chi connectivity index (χ0) is 10.8. The topological polar surface area (TPSA) is 20.2 Å². The van der Waals surface area contributed by atoms with Gasteiger partial charge in [0, 0.05) is 5.56 Å².